The molecule has 0 saturated carbocycles. The molecule has 7 nitrogen and oxygen atoms in total. The summed E-state index contributed by atoms with van der Waals surface area (Å²) in [6, 6.07) is 10.5. The van der Waals surface area contributed by atoms with E-state index in [-0.39, 0.29) is 24.0 Å². The second-order valence-corrected chi connectivity index (χ2v) is 7.95. The van der Waals surface area contributed by atoms with Gasteiger partial charge in [0.25, 0.3) is 0 Å². The Hall–Kier alpha value is -2.07. The van der Waals surface area contributed by atoms with Crippen molar-refractivity contribution in [2.75, 3.05) is 58.3 Å². The summed E-state index contributed by atoms with van der Waals surface area (Å²) in [5.41, 5.74) is 3.56. The lowest BCUT2D eigenvalue weighted by Gasteiger charge is -2.34. The number of pyridine rings is 1. The van der Waals surface area contributed by atoms with Crippen LogP contribution in [0.4, 0.5) is 5.82 Å². The van der Waals surface area contributed by atoms with Gasteiger partial charge in [-0.2, -0.15) is 0 Å². The minimum absolute atomic E-state index is 0. The van der Waals surface area contributed by atoms with Crippen molar-refractivity contribution in [1.82, 2.24) is 20.5 Å². The standard InChI is InChI=1S/C24H36N6O.HI/c1-5-25-24(27-12-10-20-9-8-19(2)22(17-20)31-4)28-18-21-7-6-11-26-23(21)30-15-13-29(3)14-16-30;/h6-9,11,17H,5,10,12-16,18H2,1-4H3,(H2,25,27,28);1H. The highest BCUT2D eigenvalue weighted by Gasteiger charge is 2.17. The van der Waals surface area contributed by atoms with Crippen LogP contribution in [-0.2, 0) is 13.0 Å². The number of ether oxygens (including phenoxy) is 1. The fraction of sp³-hybridized carbons (Fsp3) is 0.500. The largest absolute Gasteiger partial charge is 0.496 e. The minimum Gasteiger partial charge on any atom is -0.496 e. The van der Waals surface area contributed by atoms with E-state index in [0.29, 0.717) is 6.54 Å². The molecule has 32 heavy (non-hydrogen) atoms. The topological polar surface area (TPSA) is 65.0 Å². The van der Waals surface area contributed by atoms with E-state index in [2.05, 4.69) is 70.6 Å². The van der Waals surface area contributed by atoms with Gasteiger partial charge in [-0.1, -0.05) is 18.2 Å². The molecular weight excluding hydrogens is 515 g/mol. The first-order valence-corrected chi connectivity index (χ1v) is 11.1. The average Bonchev–Trinajstić information content (AvgIpc) is 2.79. The molecule has 1 saturated heterocycles. The van der Waals surface area contributed by atoms with Crippen LogP contribution >= 0.6 is 24.0 Å². The van der Waals surface area contributed by atoms with Crippen LogP contribution in [-0.4, -0.2) is 69.3 Å². The van der Waals surface area contributed by atoms with Crippen molar-refractivity contribution in [2.24, 2.45) is 4.99 Å². The number of aromatic nitrogens is 1. The molecule has 0 atom stereocenters. The zero-order valence-electron chi connectivity index (χ0n) is 19.7. The molecule has 1 aliphatic heterocycles. The predicted molar refractivity (Wildman–Crippen MR) is 144 cm³/mol. The number of halogens is 1. The van der Waals surface area contributed by atoms with Gasteiger partial charge in [-0.3, -0.25) is 0 Å². The molecule has 176 valence electrons. The van der Waals surface area contributed by atoms with Gasteiger partial charge < -0.3 is 25.2 Å². The number of rotatable bonds is 8. The smallest absolute Gasteiger partial charge is 0.191 e. The van der Waals surface area contributed by atoms with E-state index in [1.807, 2.05) is 12.3 Å². The molecule has 0 spiro atoms. The van der Waals surface area contributed by atoms with Crippen LogP contribution in [0.3, 0.4) is 0 Å². The first kappa shape index (κ1) is 26.2. The molecule has 1 fully saturated rings. The van der Waals surface area contributed by atoms with Crippen LogP contribution in [0.5, 0.6) is 5.75 Å². The Bertz CT molecular complexity index is 867. The zero-order valence-corrected chi connectivity index (χ0v) is 22.1. The normalized spacial score (nSPS) is 14.6. The highest BCUT2D eigenvalue weighted by atomic mass is 127. The number of nitrogens with zero attached hydrogens (tertiary/aromatic N) is 4. The summed E-state index contributed by atoms with van der Waals surface area (Å²) in [6.07, 6.45) is 2.78. The molecule has 0 bridgehead atoms. The Morgan fingerprint density at radius 1 is 1.16 bits per heavy atom. The number of anilines is 1. The lowest BCUT2D eigenvalue weighted by molar-refractivity contribution is 0.312. The highest BCUT2D eigenvalue weighted by molar-refractivity contribution is 14.0. The van der Waals surface area contributed by atoms with Gasteiger partial charge in [0.05, 0.1) is 13.7 Å². The quantitative estimate of drug-likeness (QED) is 0.298. The SMILES string of the molecule is CCNC(=NCc1cccnc1N1CCN(C)CC1)NCCc1ccc(C)c(OC)c1.I. The number of aryl methyl sites for hydroxylation is 1. The van der Waals surface area contributed by atoms with Crippen molar-refractivity contribution >= 4 is 35.8 Å². The van der Waals surface area contributed by atoms with E-state index < -0.39 is 0 Å². The van der Waals surface area contributed by atoms with Gasteiger partial charge in [0, 0.05) is 51.0 Å². The van der Waals surface area contributed by atoms with E-state index in [9.17, 15) is 0 Å². The highest BCUT2D eigenvalue weighted by Crippen LogP contribution is 2.20. The molecule has 1 aromatic carbocycles. The number of guanidine groups is 1. The molecular formula is C24H37IN6O. The summed E-state index contributed by atoms with van der Waals surface area (Å²) in [4.78, 5) is 14.2. The van der Waals surface area contributed by atoms with Crippen molar-refractivity contribution in [2.45, 2.75) is 26.8 Å². The van der Waals surface area contributed by atoms with Crippen molar-refractivity contribution in [3.8, 4) is 5.75 Å². The molecule has 2 aromatic rings. The summed E-state index contributed by atoms with van der Waals surface area (Å²) < 4.78 is 5.44. The van der Waals surface area contributed by atoms with Gasteiger partial charge in [0.15, 0.2) is 5.96 Å². The van der Waals surface area contributed by atoms with Gasteiger partial charge >= 0.3 is 0 Å². The zero-order chi connectivity index (χ0) is 22.1. The minimum atomic E-state index is 0. The third-order valence-electron chi connectivity index (χ3n) is 5.60. The third kappa shape index (κ3) is 7.51. The molecule has 0 unspecified atom stereocenters. The van der Waals surface area contributed by atoms with Crippen LogP contribution in [0.1, 0.15) is 23.6 Å². The second kappa shape index (κ2) is 13.5. The monoisotopic (exact) mass is 552 g/mol. The molecule has 0 amide bonds. The molecule has 2 heterocycles. The number of piperazine rings is 1. The maximum Gasteiger partial charge on any atom is 0.191 e. The summed E-state index contributed by atoms with van der Waals surface area (Å²) >= 11 is 0. The Balaban J connectivity index is 0.00000363. The lowest BCUT2D eigenvalue weighted by atomic mass is 10.1. The molecule has 0 aliphatic carbocycles. The molecule has 0 radical (unpaired) electrons. The number of hydrogen-bond donors (Lipinski definition) is 2. The lowest BCUT2D eigenvalue weighted by Crippen LogP contribution is -2.45. The summed E-state index contributed by atoms with van der Waals surface area (Å²) in [6.45, 7) is 10.5. The number of benzene rings is 1. The van der Waals surface area contributed by atoms with Crippen molar-refractivity contribution < 1.29 is 4.74 Å². The molecule has 8 heteroatoms. The molecule has 1 aliphatic rings. The number of nitrogens with one attached hydrogen (secondary N) is 2. The van der Waals surface area contributed by atoms with Crippen LogP contribution < -0.4 is 20.3 Å². The van der Waals surface area contributed by atoms with E-state index in [1.54, 1.807) is 7.11 Å². The van der Waals surface area contributed by atoms with Gasteiger partial charge in [-0.25, -0.2) is 9.98 Å². The molecule has 1 aromatic heterocycles. The predicted octanol–water partition coefficient (Wildman–Crippen LogP) is 3.07. The molecule has 2 N–H and O–H groups in total. The number of methoxy groups -OCH3 is 1. The Morgan fingerprint density at radius 2 is 1.94 bits per heavy atom. The fourth-order valence-electron chi connectivity index (χ4n) is 3.71. The summed E-state index contributed by atoms with van der Waals surface area (Å²) in [5.74, 6) is 2.82. The Labute approximate surface area is 209 Å². The van der Waals surface area contributed by atoms with Crippen molar-refractivity contribution in [1.29, 1.82) is 0 Å². The van der Waals surface area contributed by atoms with E-state index in [4.69, 9.17) is 9.73 Å². The van der Waals surface area contributed by atoms with Crippen LogP contribution in [0, 0.1) is 6.92 Å². The summed E-state index contributed by atoms with van der Waals surface area (Å²) in [5, 5.41) is 6.80. The van der Waals surface area contributed by atoms with Crippen LogP contribution in [0.15, 0.2) is 41.5 Å². The first-order chi connectivity index (χ1) is 15.1. The van der Waals surface area contributed by atoms with Gasteiger partial charge in [-0.05, 0) is 50.6 Å². The summed E-state index contributed by atoms with van der Waals surface area (Å²) in [7, 11) is 3.89. The number of aliphatic imine (C=N–C) groups is 1. The number of likely N-dealkylation sites (N-methyl/N-ethyl adjacent to an activating group) is 1. The molecule has 3 rings (SSSR count). The van der Waals surface area contributed by atoms with Gasteiger partial charge in [0.1, 0.15) is 11.6 Å². The maximum absolute atomic E-state index is 5.44. The van der Waals surface area contributed by atoms with Gasteiger partial charge in [0.2, 0.25) is 0 Å². The van der Waals surface area contributed by atoms with E-state index in [0.717, 1.165) is 74.3 Å². The van der Waals surface area contributed by atoms with E-state index in [1.165, 1.54) is 5.56 Å². The maximum atomic E-state index is 5.44. The third-order valence-corrected chi connectivity index (χ3v) is 5.60. The van der Waals surface area contributed by atoms with Crippen LogP contribution in [0.2, 0.25) is 0 Å². The van der Waals surface area contributed by atoms with Crippen LogP contribution in [0.25, 0.3) is 0 Å². The first-order valence-electron chi connectivity index (χ1n) is 11.1. The van der Waals surface area contributed by atoms with Gasteiger partial charge in [-0.15, -0.1) is 24.0 Å². The fourth-order valence-corrected chi connectivity index (χ4v) is 3.71. The van der Waals surface area contributed by atoms with E-state index >= 15 is 0 Å². The second-order valence-electron chi connectivity index (χ2n) is 7.95. The number of hydrogen-bond acceptors (Lipinski definition) is 5. The Kier molecular flexibility index (Phi) is 11.0. The average molecular weight is 553 g/mol. The van der Waals surface area contributed by atoms with Crippen molar-refractivity contribution in [3.05, 3.63) is 53.2 Å². The Morgan fingerprint density at radius 3 is 2.66 bits per heavy atom. The van der Waals surface area contributed by atoms with Crippen molar-refractivity contribution in [3.63, 3.8) is 0 Å².